The normalized spacial score (nSPS) is 22.0. The van der Waals surface area contributed by atoms with Crippen LogP contribution in [0.1, 0.15) is 91.5 Å². The van der Waals surface area contributed by atoms with Gasteiger partial charge in [0.15, 0.2) is 17.3 Å². The minimum absolute atomic E-state index is 0.0122. The molecule has 1 saturated carbocycles. The minimum atomic E-state index is -0.882. The lowest BCUT2D eigenvalue weighted by atomic mass is 10.0. The molecule has 2 aliphatic rings. The predicted octanol–water partition coefficient (Wildman–Crippen LogP) is 4.94. The molecule has 1 aliphatic carbocycles. The van der Waals surface area contributed by atoms with Crippen LogP contribution in [0.4, 0.5) is 26.0 Å². The van der Waals surface area contributed by atoms with Gasteiger partial charge in [-0.2, -0.15) is 10.4 Å². The molecule has 2 amide bonds. The van der Waals surface area contributed by atoms with Gasteiger partial charge in [-0.05, 0) is 74.1 Å². The van der Waals surface area contributed by atoms with Crippen LogP contribution in [0.3, 0.4) is 0 Å². The Labute approximate surface area is 250 Å². The van der Waals surface area contributed by atoms with E-state index in [-0.39, 0.29) is 29.4 Å². The van der Waals surface area contributed by atoms with Gasteiger partial charge in [0.25, 0.3) is 0 Å². The molecule has 4 rings (SSSR count). The predicted molar refractivity (Wildman–Crippen MR) is 153 cm³/mol. The first-order valence-corrected chi connectivity index (χ1v) is 14.2. The summed E-state index contributed by atoms with van der Waals surface area (Å²) < 4.78 is 23.4. The van der Waals surface area contributed by atoms with E-state index < -0.39 is 35.0 Å². The number of amides is 2. The number of anilines is 2. The first-order valence-electron chi connectivity index (χ1n) is 14.2. The number of rotatable bonds is 5. The Morgan fingerprint density at radius 2 is 1.84 bits per heavy atom. The van der Waals surface area contributed by atoms with Crippen molar-refractivity contribution < 1.29 is 33.3 Å². The summed E-state index contributed by atoms with van der Waals surface area (Å²) >= 11 is 0. The van der Waals surface area contributed by atoms with Gasteiger partial charge in [0.1, 0.15) is 23.4 Å². The highest BCUT2D eigenvalue weighted by molar-refractivity contribution is 5.96. The first kappa shape index (κ1) is 31.7. The zero-order chi connectivity index (χ0) is 31.6. The maximum atomic E-state index is 13.6. The van der Waals surface area contributed by atoms with Crippen LogP contribution in [0.25, 0.3) is 0 Å². The molecule has 2 aromatic heterocycles. The Kier molecular flexibility index (Phi) is 8.96. The van der Waals surface area contributed by atoms with E-state index in [0.717, 1.165) is 9.58 Å². The Bertz CT molecular complexity index is 1380. The summed E-state index contributed by atoms with van der Waals surface area (Å²) in [6.07, 6.45) is 2.33. The molecule has 0 radical (unpaired) electrons. The van der Waals surface area contributed by atoms with E-state index in [0.29, 0.717) is 44.6 Å². The van der Waals surface area contributed by atoms with Crippen LogP contribution in [0.2, 0.25) is 0 Å². The zero-order valence-electron chi connectivity index (χ0n) is 25.7. The summed E-state index contributed by atoms with van der Waals surface area (Å²) in [4.78, 5) is 48.9. The fourth-order valence-corrected chi connectivity index (χ4v) is 4.80. The third-order valence-electron chi connectivity index (χ3n) is 6.76. The number of hydrogen-bond acceptors (Lipinski definition) is 11. The molecule has 1 unspecified atom stereocenters. The highest BCUT2D eigenvalue weighted by Crippen LogP contribution is 2.38. The fraction of sp³-hybridized carbons (Fsp3) is 0.621. The SMILES string of the molecule is CC1(NC(=O)O[C@@H]2CC[C@H](c3cc(N(C(=O)OC(C)(C)C)c4cnc(C#N)cn4)n(C(=O)OC(C)(C)C)n3)C2)CCOC1. The van der Waals surface area contributed by atoms with Crippen LogP contribution >= 0.6 is 0 Å². The second-order valence-corrected chi connectivity index (χ2v) is 13.0. The first-order chi connectivity index (χ1) is 20.1. The van der Waals surface area contributed by atoms with Gasteiger partial charge in [-0.3, -0.25) is 0 Å². The molecule has 43 heavy (non-hydrogen) atoms. The summed E-state index contributed by atoms with van der Waals surface area (Å²) in [5, 5.41) is 16.6. The van der Waals surface area contributed by atoms with Crippen molar-refractivity contribution in [1.29, 1.82) is 5.26 Å². The summed E-state index contributed by atoms with van der Waals surface area (Å²) in [6.45, 7) is 13.2. The van der Waals surface area contributed by atoms with Crippen molar-refractivity contribution in [3.63, 3.8) is 0 Å². The molecule has 14 nitrogen and oxygen atoms in total. The molecule has 0 spiro atoms. The lowest BCUT2D eigenvalue weighted by Crippen LogP contribution is -2.47. The number of nitrogens with zero attached hydrogens (tertiary/aromatic N) is 6. The Hall–Kier alpha value is -4.25. The van der Waals surface area contributed by atoms with E-state index in [9.17, 15) is 19.6 Å². The Morgan fingerprint density at radius 1 is 1.12 bits per heavy atom. The fourth-order valence-electron chi connectivity index (χ4n) is 4.80. The highest BCUT2D eigenvalue weighted by Gasteiger charge is 2.37. The van der Waals surface area contributed by atoms with Gasteiger partial charge in [-0.15, -0.1) is 4.68 Å². The number of aromatic nitrogens is 4. The molecule has 2 fully saturated rings. The number of ether oxygens (including phenoxy) is 4. The van der Waals surface area contributed by atoms with Crippen molar-refractivity contribution in [3.8, 4) is 6.07 Å². The van der Waals surface area contributed by atoms with Crippen LogP contribution in [0, 0.1) is 11.3 Å². The van der Waals surface area contributed by atoms with Gasteiger partial charge >= 0.3 is 18.3 Å². The van der Waals surface area contributed by atoms with E-state index in [4.69, 9.17) is 18.9 Å². The van der Waals surface area contributed by atoms with E-state index in [1.54, 1.807) is 47.6 Å². The molecule has 14 heteroatoms. The Morgan fingerprint density at radius 3 is 2.42 bits per heavy atom. The van der Waals surface area contributed by atoms with Crippen molar-refractivity contribution in [2.75, 3.05) is 18.1 Å². The van der Waals surface area contributed by atoms with Gasteiger partial charge in [-0.1, -0.05) is 0 Å². The third-order valence-corrected chi connectivity index (χ3v) is 6.76. The molecule has 1 aliphatic heterocycles. The molecule has 0 bridgehead atoms. The van der Waals surface area contributed by atoms with E-state index in [2.05, 4.69) is 20.4 Å². The summed E-state index contributed by atoms with van der Waals surface area (Å²) in [5.41, 5.74) is -1.65. The van der Waals surface area contributed by atoms with Gasteiger partial charge in [0.2, 0.25) is 0 Å². The number of carbonyl (C=O) groups excluding carboxylic acids is 3. The molecule has 3 heterocycles. The topological polar surface area (TPSA) is 171 Å². The number of alkyl carbamates (subject to hydrolysis) is 1. The molecular formula is C29H39N7O7. The lowest BCUT2D eigenvalue weighted by Gasteiger charge is -2.27. The number of nitrogens with one attached hydrogen (secondary N) is 1. The van der Waals surface area contributed by atoms with Crippen molar-refractivity contribution in [2.24, 2.45) is 0 Å². The van der Waals surface area contributed by atoms with Crippen LogP contribution in [0.5, 0.6) is 0 Å². The molecule has 232 valence electrons. The molecule has 3 atom stereocenters. The largest absolute Gasteiger partial charge is 0.446 e. The summed E-state index contributed by atoms with van der Waals surface area (Å²) in [6, 6.07) is 3.48. The highest BCUT2D eigenvalue weighted by atomic mass is 16.6. The van der Waals surface area contributed by atoms with E-state index in [1.165, 1.54) is 12.4 Å². The van der Waals surface area contributed by atoms with Crippen LogP contribution < -0.4 is 10.2 Å². The van der Waals surface area contributed by atoms with Gasteiger partial charge < -0.3 is 24.3 Å². The number of carbonyl (C=O) groups is 3. The van der Waals surface area contributed by atoms with Gasteiger partial charge in [-0.25, -0.2) is 29.3 Å². The second-order valence-electron chi connectivity index (χ2n) is 13.0. The van der Waals surface area contributed by atoms with Crippen LogP contribution in [0.15, 0.2) is 18.5 Å². The van der Waals surface area contributed by atoms with Crippen molar-refractivity contribution in [3.05, 3.63) is 29.8 Å². The molecule has 2 aromatic rings. The maximum absolute atomic E-state index is 13.6. The minimum Gasteiger partial charge on any atom is -0.446 e. The van der Waals surface area contributed by atoms with Crippen molar-refractivity contribution in [2.45, 2.75) is 103 Å². The summed E-state index contributed by atoms with van der Waals surface area (Å²) in [5.74, 6) is -0.148. The standard InChI is InChI=1S/C29H39N7O7/c1-27(2,3)42-25(38)35(22-16-31-19(14-30)15-32-22)23-13-21(34-36(23)26(39)43-28(4,5)6)18-8-9-20(12-18)41-24(37)33-29(7)10-11-40-17-29/h13,15-16,18,20H,8-12,17H2,1-7H3,(H,33,37)/t18-,20+,29?/m0/s1. The molecule has 0 aromatic carbocycles. The Balaban J connectivity index is 1.65. The monoisotopic (exact) mass is 597 g/mol. The number of nitriles is 1. The van der Waals surface area contributed by atoms with Crippen LogP contribution in [-0.2, 0) is 18.9 Å². The summed E-state index contributed by atoms with van der Waals surface area (Å²) in [7, 11) is 0. The van der Waals surface area contributed by atoms with Crippen LogP contribution in [-0.4, -0.2) is 74.1 Å². The average Bonchev–Trinajstić information content (AvgIpc) is 3.63. The van der Waals surface area contributed by atoms with Gasteiger partial charge in [0.05, 0.1) is 30.2 Å². The quantitative estimate of drug-likeness (QED) is 0.463. The maximum Gasteiger partial charge on any atom is 0.437 e. The van der Waals surface area contributed by atoms with E-state index >= 15 is 0 Å². The third kappa shape index (κ3) is 8.19. The second kappa shape index (κ2) is 12.2. The molecule has 1 N–H and O–H groups in total. The van der Waals surface area contributed by atoms with Gasteiger partial charge in [0, 0.05) is 18.6 Å². The smallest absolute Gasteiger partial charge is 0.437 e. The molecule has 1 saturated heterocycles. The van der Waals surface area contributed by atoms with E-state index in [1.807, 2.05) is 13.0 Å². The average molecular weight is 598 g/mol. The lowest BCUT2D eigenvalue weighted by molar-refractivity contribution is 0.0513. The zero-order valence-corrected chi connectivity index (χ0v) is 25.7. The number of hydrogen-bond donors (Lipinski definition) is 1. The van der Waals surface area contributed by atoms with Crippen molar-refractivity contribution >= 4 is 29.9 Å². The van der Waals surface area contributed by atoms with Crippen molar-refractivity contribution in [1.82, 2.24) is 25.1 Å². The molecular weight excluding hydrogens is 558 g/mol.